The Morgan fingerprint density at radius 3 is 2.31 bits per heavy atom. The Bertz CT molecular complexity index is 1130. The quantitative estimate of drug-likeness (QED) is 0.693. The fraction of sp³-hybridized carbons (Fsp3) is 0.692. The molecule has 1 N–H and O–H groups in total. The van der Waals surface area contributed by atoms with Crippen LogP contribution in [0.4, 0.5) is 11.8 Å². The van der Waals surface area contributed by atoms with Gasteiger partial charge in [0.05, 0.1) is 5.39 Å². The van der Waals surface area contributed by atoms with Crippen LogP contribution in [0.3, 0.4) is 0 Å². The van der Waals surface area contributed by atoms with Crippen molar-refractivity contribution < 1.29 is 14.7 Å². The van der Waals surface area contributed by atoms with Gasteiger partial charge in [-0.15, -0.1) is 0 Å². The Morgan fingerprint density at radius 2 is 1.67 bits per heavy atom. The summed E-state index contributed by atoms with van der Waals surface area (Å²) >= 11 is 0. The topological polar surface area (TPSA) is 98.0 Å². The second-order valence-electron chi connectivity index (χ2n) is 10.9. The van der Waals surface area contributed by atoms with Crippen LogP contribution in [0, 0.1) is 5.92 Å². The number of likely N-dealkylation sites (tertiary alicyclic amines) is 1. The van der Waals surface area contributed by atoms with E-state index in [1.165, 1.54) is 0 Å². The van der Waals surface area contributed by atoms with E-state index < -0.39 is 0 Å². The second-order valence-corrected chi connectivity index (χ2v) is 10.9. The van der Waals surface area contributed by atoms with Crippen molar-refractivity contribution in [3.8, 4) is 5.88 Å². The molecule has 2 aromatic rings. The number of anilines is 2. The largest absolute Gasteiger partial charge is 0.493 e. The van der Waals surface area contributed by atoms with Crippen molar-refractivity contribution in [3.05, 3.63) is 6.20 Å². The van der Waals surface area contributed by atoms with Gasteiger partial charge in [0, 0.05) is 65.0 Å². The number of aromatic hydroxyl groups is 1. The van der Waals surface area contributed by atoms with Gasteiger partial charge in [-0.05, 0) is 45.4 Å². The van der Waals surface area contributed by atoms with Crippen LogP contribution in [0.2, 0.25) is 0 Å². The van der Waals surface area contributed by atoms with Crippen molar-refractivity contribution in [2.75, 3.05) is 55.6 Å². The van der Waals surface area contributed by atoms with Crippen LogP contribution in [0.15, 0.2) is 6.20 Å². The summed E-state index contributed by atoms with van der Waals surface area (Å²) in [6.45, 7) is 12.8. The minimum Gasteiger partial charge on any atom is -0.493 e. The molecule has 1 atom stereocenters. The van der Waals surface area contributed by atoms with E-state index in [0.717, 1.165) is 56.5 Å². The normalized spacial score (nSPS) is 21.8. The van der Waals surface area contributed by atoms with Gasteiger partial charge in [0.2, 0.25) is 23.6 Å². The van der Waals surface area contributed by atoms with Crippen molar-refractivity contribution in [1.82, 2.24) is 24.3 Å². The summed E-state index contributed by atoms with van der Waals surface area (Å²) in [5.41, 5.74) is 0.516. The van der Waals surface area contributed by atoms with Gasteiger partial charge in [0.1, 0.15) is 17.4 Å². The Labute approximate surface area is 212 Å². The highest BCUT2D eigenvalue weighted by atomic mass is 16.3. The molecular formula is C26H39N7O3. The molecule has 5 rings (SSSR count). The molecule has 10 heteroatoms. The predicted molar refractivity (Wildman–Crippen MR) is 139 cm³/mol. The lowest BCUT2D eigenvalue weighted by atomic mass is 9.98. The molecule has 0 aromatic carbocycles. The Kier molecular flexibility index (Phi) is 6.70. The number of aromatic nitrogens is 3. The van der Waals surface area contributed by atoms with Crippen molar-refractivity contribution in [3.63, 3.8) is 0 Å². The highest BCUT2D eigenvalue weighted by Gasteiger charge is 2.37. The first-order chi connectivity index (χ1) is 17.2. The first-order valence-corrected chi connectivity index (χ1v) is 13.4. The number of hydrogen-bond donors (Lipinski definition) is 1. The third kappa shape index (κ3) is 4.46. The summed E-state index contributed by atoms with van der Waals surface area (Å²) in [5.74, 6) is 2.32. The van der Waals surface area contributed by atoms with Crippen molar-refractivity contribution in [1.29, 1.82) is 0 Å². The smallest absolute Gasteiger partial charge is 0.245 e. The fourth-order valence-electron chi connectivity index (χ4n) is 5.75. The van der Waals surface area contributed by atoms with Gasteiger partial charge >= 0.3 is 0 Å². The Hall–Kier alpha value is -3.04. The molecule has 0 unspecified atom stereocenters. The van der Waals surface area contributed by atoms with Gasteiger partial charge in [-0.3, -0.25) is 9.59 Å². The highest BCUT2D eigenvalue weighted by Crippen LogP contribution is 2.38. The zero-order chi connectivity index (χ0) is 25.6. The number of piperidine rings is 1. The summed E-state index contributed by atoms with van der Waals surface area (Å²) in [7, 11) is 0. The third-order valence-electron chi connectivity index (χ3n) is 8.11. The third-order valence-corrected chi connectivity index (χ3v) is 8.11. The maximum Gasteiger partial charge on any atom is 0.245 e. The van der Waals surface area contributed by atoms with Crippen LogP contribution >= 0.6 is 0 Å². The fourth-order valence-corrected chi connectivity index (χ4v) is 5.75. The number of carbonyl (C=O) groups excluding carboxylic acids is 2. The lowest BCUT2D eigenvalue weighted by molar-refractivity contribution is -0.133. The van der Waals surface area contributed by atoms with E-state index in [2.05, 4.69) is 16.7 Å². The number of piperazine rings is 1. The van der Waals surface area contributed by atoms with Crippen molar-refractivity contribution >= 4 is 34.5 Å². The van der Waals surface area contributed by atoms with E-state index in [1.54, 1.807) is 6.92 Å². The molecule has 36 heavy (non-hydrogen) atoms. The molecule has 3 saturated heterocycles. The van der Waals surface area contributed by atoms with Gasteiger partial charge in [0.15, 0.2) is 0 Å². The number of rotatable bonds is 4. The minimum absolute atomic E-state index is 0.0564. The summed E-state index contributed by atoms with van der Waals surface area (Å²) in [6, 6.07) is -0.190. The number of amides is 2. The molecule has 5 heterocycles. The molecule has 3 fully saturated rings. The van der Waals surface area contributed by atoms with Crippen LogP contribution in [0.1, 0.15) is 59.4 Å². The number of hydrogen-bond acceptors (Lipinski definition) is 7. The van der Waals surface area contributed by atoms with Crippen LogP contribution in [-0.2, 0) is 9.59 Å². The van der Waals surface area contributed by atoms with E-state index in [9.17, 15) is 14.7 Å². The van der Waals surface area contributed by atoms with E-state index in [0.29, 0.717) is 43.6 Å². The molecule has 0 saturated carbocycles. The van der Waals surface area contributed by atoms with E-state index in [-0.39, 0.29) is 29.8 Å². The standard InChI is InChI=1S/C26H39N7O3/c1-17(2)33-16-20-22(25(33)36)27-26(31-14-12-29(13-15-31)19(4)34)28-23(20)32-9-5-6-21(32)24(35)30-10-7-18(3)8-11-30/h16-18,21,36H,5-15H2,1-4H3/t21-/m1/s1. The van der Waals surface area contributed by atoms with Gasteiger partial charge in [-0.1, -0.05) is 6.92 Å². The number of fused-ring (bicyclic) bond motifs is 1. The molecule has 0 spiro atoms. The maximum absolute atomic E-state index is 13.6. The van der Waals surface area contributed by atoms with Gasteiger partial charge in [0.25, 0.3) is 0 Å². The van der Waals surface area contributed by atoms with Crippen LogP contribution in [-0.4, -0.2) is 93.1 Å². The van der Waals surface area contributed by atoms with Gasteiger partial charge in [-0.2, -0.15) is 4.98 Å². The molecule has 0 radical (unpaired) electrons. The molecule has 2 amide bonds. The zero-order valence-electron chi connectivity index (χ0n) is 22.0. The van der Waals surface area contributed by atoms with Crippen LogP contribution in [0.5, 0.6) is 5.88 Å². The Balaban J connectivity index is 1.51. The summed E-state index contributed by atoms with van der Waals surface area (Å²) in [6.07, 6.45) is 5.76. The Morgan fingerprint density at radius 1 is 0.972 bits per heavy atom. The van der Waals surface area contributed by atoms with Gasteiger partial charge in [-0.25, -0.2) is 4.98 Å². The second kappa shape index (κ2) is 9.78. The molecule has 0 bridgehead atoms. The zero-order valence-corrected chi connectivity index (χ0v) is 22.0. The predicted octanol–water partition coefficient (Wildman–Crippen LogP) is 2.61. The maximum atomic E-state index is 13.6. The monoisotopic (exact) mass is 497 g/mol. The van der Waals surface area contributed by atoms with E-state index in [1.807, 2.05) is 34.4 Å². The van der Waals surface area contributed by atoms with E-state index >= 15 is 0 Å². The molecule has 0 aliphatic carbocycles. The lowest BCUT2D eigenvalue weighted by Crippen LogP contribution is -2.49. The average Bonchev–Trinajstić information content (AvgIpc) is 3.49. The van der Waals surface area contributed by atoms with Crippen molar-refractivity contribution in [2.24, 2.45) is 5.92 Å². The van der Waals surface area contributed by atoms with Crippen LogP contribution in [0.25, 0.3) is 10.9 Å². The van der Waals surface area contributed by atoms with Gasteiger partial charge < -0.3 is 29.3 Å². The van der Waals surface area contributed by atoms with Crippen LogP contribution < -0.4 is 9.80 Å². The summed E-state index contributed by atoms with van der Waals surface area (Å²) in [4.78, 5) is 43.3. The van der Waals surface area contributed by atoms with E-state index in [4.69, 9.17) is 9.97 Å². The molecule has 2 aromatic heterocycles. The molecular weight excluding hydrogens is 458 g/mol. The molecule has 10 nitrogen and oxygen atoms in total. The molecule has 3 aliphatic heterocycles. The summed E-state index contributed by atoms with van der Waals surface area (Å²) in [5, 5.41) is 11.9. The number of nitrogens with zero attached hydrogens (tertiary/aromatic N) is 7. The highest BCUT2D eigenvalue weighted by molar-refractivity contribution is 5.97. The minimum atomic E-state index is -0.247. The molecule has 196 valence electrons. The number of carbonyl (C=O) groups is 2. The first kappa shape index (κ1) is 24.6. The molecule has 3 aliphatic rings. The first-order valence-electron chi connectivity index (χ1n) is 13.4. The lowest BCUT2D eigenvalue weighted by Gasteiger charge is -2.36. The van der Waals surface area contributed by atoms with Crippen molar-refractivity contribution in [2.45, 2.75) is 65.5 Å². The SMILES string of the molecule is CC(=O)N1CCN(c2nc(N3CCC[C@@H]3C(=O)N3CCC(C)CC3)c3cn(C(C)C)c(O)c3n2)CC1. The summed E-state index contributed by atoms with van der Waals surface area (Å²) < 4.78 is 1.82. The average molecular weight is 498 g/mol.